The van der Waals surface area contributed by atoms with Crippen LogP contribution in [0.15, 0.2) is 59.4 Å². The number of aromatic amines is 1. The van der Waals surface area contributed by atoms with Crippen molar-refractivity contribution in [1.82, 2.24) is 9.88 Å². The van der Waals surface area contributed by atoms with Crippen molar-refractivity contribution < 1.29 is 14.6 Å². The fourth-order valence-electron chi connectivity index (χ4n) is 4.76. The number of rotatable bonds is 8. The number of methoxy groups -OCH3 is 1. The summed E-state index contributed by atoms with van der Waals surface area (Å²) in [4.78, 5) is 33.0. The topological polar surface area (TPSA) is 85.9 Å². The first-order chi connectivity index (χ1) is 16.9. The Morgan fingerprint density at radius 3 is 2.54 bits per heavy atom. The third-order valence-electron chi connectivity index (χ3n) is 6.77. The minimum absolute atomic E-state index is 0.200. The molecule has 1 aromatic heterocycles. The van der Waals surface area contributed by atoms with Crippen LogP contribution in [-0.4, -0.2) is 48.1 Å². The van der Waals surface area contributed by atoms with Crippen molar-refractivity contribution in [3.63, 3.8) is 0 Å². The molecule has 0 unspecified atom stereocenters. The molecule has 0 aliphatic carbocycles. The van der Waals surface area contributed by atoms with Crippen molar-refractivity contribution in [1.29, 1.82) is 0 Å². The van der Waals surface area contributed by atoms with Crippen molar-refractivity contribution >= 4 is 17.3 Å². The van der Waals surface area contributed by atoms with Gasteiger partial charge in [-0.3, -0.25) is 9.59 Å². The van der Waals surface area contributed by atoms with Crippen LogP contribution in [0.3, 0.4) is 0 Å². The SMILES string of the molecule is CCCCc1[nH]c(=O)c(C(=O)N2CC[C@@H](c3ccccc3)C2)c(O)c1N(C)c1ccc(OC)cc1. The van der Waals surface area contributed by atoms with Gasteiger partial charge in [0.2, 0.25) is 0 Å². The molecule has 1 fully saturated rings. The molecule has 0 spiro atoms. The maximum absolute atomic E-state index is 13.5. The normalized spacial score (nSPS) is 15.3. The van der Waals surface area contributed by atoms with Crippen LogP contribution in [-0.2, 0) is 6.42 Å². The van der Waals surface area contributed by atoms with Gasteiger partial charge in [-0.1, -0.05) is 43.7 Å². The number of carbonyl (C=O) groups excluding carboxylic acids is 1. The number of hydrogen-bond acceptors (Lipinski definition) is 5. The van der Waals surface area contributed by atoms with Gasteiger partial charge in [0.05, 0.1) is 7.11 Å². The second-order valence-corrected chi connectivity index (χ2v) is 9.01. The number of ether oxygens (including phenoxy) is 1. The van der Waals surface area contributed by atoms with Gasteiger partial charge in [0.1, 0.15) is 17.0 Å². The molecule has 7 nitrogen and oxygen atoms in total. The Bertz CT molecular complexity index is 1220. The summed E-state index contributed by atoms with van der Waals surface area (Å²) in [5.74, 6) is 0.225. The molecule has 7 heteroatoms. The number of aromatic hydroxyl groups is 1. The number of pyridine rings is 1. The van der Waals surface area contributed by atoms with Crippen molar-refractivity contribution in [3.05, 3.63) is 81.8 Å². The molecule has 0 bridgehead atoms. The number of likely N-dealkylation sites (tertiary alicyclic amines) is 1. The van der Waals surface area contributed by atoms with Crippen molar-refractivity contribution in [2.24, 2.45) is 0 Å². The highest BCUT2D eigenvalue weighted by Gasteiger charge is 2.33. The third-order valence-corrected chi connectivity index (χ3v) is 6.77. The van der Waals surface area contributed by atoms with Crippen molar-refractivity contribution in [3.8, 4) is 11.5 Å². The van der Waals surface area contributed by atoms with E-state index in [-0.39, 0.29) is 17.2 Å². The van der Waals surface area contributed by atoms with Crippen LogP contribution >= 0.6 is 0 Å². The van der Waals surface area contributed by atoms with Crippen LogP contribution < -0.4 is 15.2 Å². The number of carbonyl (C=O) groups is 1. The van der Waals surface area contributed by atoms with E-state index < -0.39 is 11.5 Å². The Kier molecular flexibility index (Phi) is 7.44. The summed E-state index contributed by atoms with van der Waals surface area (Å²) in [5.41, 5.74) is 2.30. The second kappa shape index (κ2) is 10.7. The summed E-state index contributed by atoms with van der Waals surface area (Å²) in [6.07, 6.45) is 3.19. The summed E-state index contributed by atoms with van der Waals surface area (Å²) in [7, 11) is 3.42. The van der Waals surface area contributed by atoms with Gasteiger partial charge in [-0.2, -0.15) is 0 Å². The number of unbranched alkanes of at least 4 members (excludes halogenated alkanes) is 1. The molecule has 1 atom stereocenters. The van der Waals surface area contributed by atoms with Gasteiger partial charge in [-0.15, -0.1) is 0 Å². The minimum Gasteiger partial charge on any atom is -0.505 e. The average molecular weight is 476 g/mol. The minimum atomic E-state index is -0.548. The molecule has 2 aromatic carbocycles. The lowest BCUT2D eigenvalue weighted by Crippen LogP contribution is -2.34. The fourth-order valence-corrected chi connectivity index (χ4v) is 4.76. The van der Waals surface area contributed by atoms with Crippen LogP contribution in [0.2, 0.25) is 0 Å². The predicted octanol–water partition coefficient (Wildman–Crippen LogP) is 4.83. The Hall–Kier alpha value is -3.74. The number of amides is 1. The summed E-state index contributed by atoms with van der Waals surface area (Å²) >= 11 is 0. The van der Waals surface area contributed by atoms with E-state index in [9.17, 15) is 14.7 Å². The number of aromatic nitrogens is 1. The molecular weight excluding hydrogens is 442 g/mol. The maximum Gasteiger partial charge on any atom is 0.264 e. The quantitative estimate of drug-likeness (QED) is 0.487. The zero-order chi connectivity index (χ0) is 24.9. The standard InChI is InChI=1S/C28H33N3O4/c1-4-5-11-23-25(30(2)21-12-14-22(35-3)15-13-21)26(32)24(27(33)29-23)28(34)31-17-16-20(18-31)19-9-7-6-8-10-19/h6-10,12-15,20H,4-5,11,16-18H2,1-3H3,(H2,29,32,33)/t20-/m1/s1. The van der Waals surface area contributed by atoms with Gasteiger partial charge in [-0.25, -0.2) is 0 Å². The number of anilines is 2. The van der Waals surface area contributed by atoms with E-state index in [1.54, 1.807) is 12.0 Å². The zero-order valence-electron chi connectivity index (χ0n) is 20.6. The molecule has 1 aliphatic heterocycles. The molecular formula is C28H33N3O4. The molecule has 35 heavy (non-hydrogen) atoms. The average Bonchev–Trinajstić information content (AvgIpc) is 3.38. The summed E-state index contributed by atoms with van der Waals surface area (Å²) < 4.78 is 5.25. The van der Waals surface area contributed by atoms with Crippen LogP contribution in [0.1, 0.15) is 53.7 Å². The first-order valence-electron chi connectivity index (χ1n) is 12.1. The number of nitrogens with zero attached hydrogens (tertiary/aromatic N) is 2. The van der Waals surface area contributed by atoms with Gasteiger partial charge >= 0.3 is 0 Å². The maximum atomic E-state index is 13.5. The lowest BCUT2D eigenvalue weighted by molar-refractivity contribution is 0.0786. The van der Waals surface area contributed by atoms with Gasteiger partial charge in [0, 0.05) is 37.4 Å². The highest BCUT2D eigenvalue weighted by Crippen LogP contribution is 2.38. The van der Waals surface area contributed by atoms with Crippen molar-refractivity contribution in [2.75, 3.05) is 32.1 Å². The van der Waals surface area contributed by atoms with Crippen LogP contribution in [0.4, 0.5) is 11.4 Å². The summed E-state index contributed by atoms with van der Waals surface area (Å²) in [5, 5.41) is 11.4. The molecule has 2 N–H and O–H groups in total. The van der Waals surface area contributed by atoms with Crippen molar-refractivity contribution in [2.45, 2.75) is 38.5 Å². The van der Waals surface area contributed by atoms with E-state index in [4.69, 9.17) is 4.74 Å². The molecule has 0 radical (unpaired) electrons. The first kappa shape index (κ1) is 24.4. The lowest BCUT2D eigenvalue weighted by atomic mass is 9.99. The Morgan fingerprint density at radius 2 is 1.89 bits per heavy atom. The molecule has 4 rings (SSSR count). The van der Waals surface area contributed by atoms with E-state index in [2.05, 4.69) is 24.0 Å². The van der Waals surface area contributed by atoms with E-state index in [1.165, 1.54) is 5.56 Å². The summed E-state index contributed by atoms with van der Waals surface area (Å²) in [6.45, 7) is 3.13. The highest BCUT2D eigenvalue weighted by molar-refractivity contribution is 5.99. The van der Waals surface area contributed by atoms with E-state index in [0.29, 0.717) is 30.9 Å². The smallest absolute Gasteiger partial charge is 0.264 e. The largest absolute Gasteiger partial charge is 0.505 e. The zero-order valence-corrected chi connectivity index (χ0v) is 20.6. The number of aryl methyl sites for hydroxylation is 1. The Balaban J connectivity index is 1.69. The molecule has 184 valence electrons. The molecule has 2 heterocycles. The van der Waals surface area contributed by atoms with E-state index in [0.717, 1.165) is 30.7 Å². The number of benzene rings is 2. The fraction of sp³-hybridized carbons (Fsp3) is 0.357. The number of H-pyrrole nitrogens is 1. The lowest BCUT2D eigenvalue weighted by Gasteiger charge is -2.25. The molecule has 1 amide bonds. The molecule has 3 aromatic rings. The number of hydrogen-bond donors (Lipinski definition) is 2. The van der Waals surface area contributed by atoms with Gasteiger partial charge < -0.3 is 24.6 Å². The third kappa shape index (κ3) is 5.04. The van der Waals surface area contributed by atoms with E-state index >= 15 is 0 Å². The Morgan fingerprint density at radius 1 is 1.17 bits per heavy atom. The summed E-state index contributed by atoms with van der Waals surface area (Å²) in [6, 6.07) is 17.5. The van der Waals surface area contributed by atoms with E-state index in [1.807, 2.05) is 54.4 Å². The van der Waals surface area contributed by atoms with Crippen LogP contribution in [0.5, 0.6) is 11.5 Å². The highest BCUT2D eigenvalue weighted by atomic mass is 16.5. The predicted molar refractivity (Wildman–Crippen MR) is 138 cm³/mol. The van der Waals surface area contributed by atoms with Gasteiger partial charge in [-0.05, 0) is 49.1 Å². The van der Waals surface area contributed by atoms with Crippen LogP contribution in [0.25, 0.3) is 0 Å². The van der Waals surface area contributed by atoms with Crippen LogP contribution in [0, 0.1) is 0 Å². The van der Waals surface area contributed by atoms with Gasteiger partial charge in [0.25, 0.3) is 11.5 Å². The molecule has 1 aliphatic rings. The number of nitrogens with one attached hydrogen (secondary N) is 1. The molecule has 0 saturated carbocycles. The van der Waals surface area contributed by atoms with Gasteiger partial charge in [0.15, 0.2) is 5.75 Å². The monoisotopic (exact) mass is 475 g/mol. The first-order valence-corrected chi connectivity index (χ1v) is 12.1. The second-order valence-electron chi connectivity index (χ2n) is 9.01. The Labute approximate surface area is 206 Å². The molecule has 1 saturated heterocycles.